The number of carbonyl (C=O) groups is 1. The summed E-state index contributed by atoms with van der Waals surface area (Å²) in [7, 11) is 1.07. The second kappa shape index (κ2) is 8.13. The van der Waals surface area contributed by atoms with Crippen LogP contribution in [0.25, 0.3) is 0 Å². The van der Waals surface area contributed by atoms with Crippen molar-refractivity contribution in [1.82, 2.24) is 19.6 Å². The maximum absolute atomic E-state index is 13.1. The van der Waals surface area contributed by atoms with Gasteiger partial charge in [0.2, 0.25) is 0 Å². The van der Waals surface area contributed by atoms with Crippen LogP contribution in [-0.2, 0) is 19.8 Å². The van der Waals surface area contributed by atoms with E-state index in [1.807, 2.05) is 0 Å². The molecule has 2 heterocycles. The van der Waals surface area contributed by atoms with Gasteiger partial charge in [-0.05, 0) is 31.5 Å². The van der Waals surface area contributed by atoms with Gasteiger partial charge >= 0.3 is 6.18 Å². The topological polar surface area (TPSA) is 64.7 Å². The molecule has 0 bridgehead atoms. The lowest BCUT2D eigenvalue weighted by atomic mass is 10.2. The van der Waals surface area contributed by atoms with Crippen molar-refractivity contribution in [2.75, 3.05) is 5.32 Å². The number of halogens is 6. The second-order valence-electron chi connectivity index (χ2n) is 6.53. The molecule has 1 N–H and O–H groups in total. The molecule has 2 aromatic heterocycles. The van der Waals surface area contributed by atoms with Crippen LogP contribution in [0, 0.1) is 13.8 Å². The Kier molecular flexibility index (Phi) is 6.08. The number of alkyl halides is 3. The number of hydrogen-bond donors (Lipinski definition) is 1. The van der Waals surface area contributed by atoms with Crippen molar-refractivity contribution in [3.8, 4) is 0 Å². The van der Waals surface area contributed by atoms with E-state index < -0.39 is 28.5 Å². The first-order valence-electron chi connectivity index (χ1n) is 8.49. The van der Waals surface area contributed by atoms with Crippen LogP contribution in [-0.4, -0.2) is 25.5 Å². The van der Waals surface area contributed by atoms with E-state index in [0.717, 1.165) is 12.6 Å². The average Bonchev–Trinajstić information content (AvgIpc) is 3.07. The Labute approximate surface area is 184 Å². The number of nitrogens with one attached hydrogen (secondary N) is 1. The zero-order valence-corrected chi connectivity index (χ0v) is 18.2. The van der Waals surface area contributed by atoms with Gasteiger partial charge in [0.05, 0.1) is 23.6 Å². The third-order valence-corrected chi connectivity index (χ3v) is 5.37. The standard InChI is InChI=1S/C18H15Cl3F3N5O/c1-8-14(9(2)29(26-8)7-10-4-5-11(19)6-12(10)20)25-17(30)15-13(21)16(18(22,23)24)28(3)27-15/h4-6H,7H2,1-3H3,(H,25,30). The number of amides is 1. The molecule has 12 heteroatoms. The fraction of sp³-hybridized carbons (Fsp3) is 0.278. The number of benzene rings is 1. The van der Waals surface area contributed by atoms with E-state index in [4.69, 9.17) is 34.8 Å². The van der Waals surface area contributed by atoms with Crippen molar-refractivity contribution in [3.05, 3.63) is 61.6 Å². The lowest BCUT2D eigenvalue weighted by Crippen LogP contribution is -2.15. The van der Waals surface area contributed by atoms with E-state index in [9.17, 15) is 18.0 Å². The Morgan fingerprint density at radius 3 is 2.40 bits per heavy atom. The first-order valence-corrected chi connectivity index (χ1v) is 9.62. The summed E-state index contributed by atoms with van der Waals surface area (Å²) >= 11 is 17.9. The van der Waals surface area contributed by atoms with Gasteiger partial charge in [0.25, 0.3) is 5.91 Å². The van der Waals surface area contributed by atoms with Crippen LogP contribution in [0.1, 0.15) is 33.1 Å². The fourth-order valence-electron chi connectivity index (χ4n) is 2.97. The van der Waals surface area contributed by atoms with Crippen LogP contribution in [0.5, 0.6) is 0 Å². The van der Waals surface area contributed by atoms with Crippen LogP contribution < -0.4 is 5.32 Å². The normalized spacial score (nSPS) is 11.8. The monoisotopic (exact) mass is 479 g/mol. The van der Waals surface area contributed by atoms with Crippen LogP contribution in [0.3, 0.4) is 0 Å². The first-order chi connectivity index (χ1) is 13.9. The Morgan fingerprint density at radius 2 is 1.83 bits per heavy atom. The van der Waals surface area contributed by atoms with E-state index in [2.05, 4.69) is 15.5 Å². The van der Waals surface area contributed by atoms with Crippen LogP contribution in [0.4, 0.5) is 18.9 Å². The zero-order valence-electron chi connectivity index (χ0n) is 15.9. The van der Waals surface area contributed by atoms with Crippen molar-refractivity contribution in [2.24, 2.45) is 7.05 Å². The Morgan fingerprint density at radius 1 is 1.17 bits per heavy atom. The molecule has 3 rings (SSSR count). The maximum atomic E-state index is 13.1. The summed E-state index contributed by atoms with van der Waals surface area (Å²) in [4.78, 5) is 12.6. The lowest BCUT2D eigenvalue weighted by Gasteiger charge is -2.08. The minimum Gasteiger partial charge on any atom is -0.317 e. The Hall–Kier alpha value is -2.23. The molecule has 3 aromatic rings. The summed E-state index contributed by atoms with van der Waals surface area (Å²) in [6, 6.07) is 5.05. The minimum atomic E-state index is -4.74. The highest BCUT2D eigenvalue weighted by atomic mass is 35.5. The minimum absolute atomic E-state index is 0.307. The Bertz CT molecular complexity index is 1140. The molecule has 6 nitrogen and oxygen atoms in total. The number of hydrogen-bond acceptors (Lipinski definition) is 3. The average molecular weight is 481 g/mol. The fourth-order valence-corrected chi connectivity index (χ4v) is 3.79. The molecule has 0 spiro atoms. The SMILES string of the molecule is Cc1nn(Cc2ccc(Cl)cc2Cl)c(C)c1NC(=O)c1nn(C)c(C(F)(F)F)c1Cl. The molecule has 0 unspecified atom stereocenters. The van der Waals surface area contributed by atoms with E-state index in [1.54, 1.807) is 36.7 Å². The van der Waals surface area contributed by atoms with Crippen molar-refractivity contribution in [3.63, 3.8) is 0 Å². The highest BCUT2D eigenvalue weighted by Crippen LogP contribution is 2.36. The third kappa shape index (κ3) is 4.28. The van der Waals surface area contributed by atoms with E-state index in [0.29, 0.717) is 38.3 Å². The smallest absolute Gasteiger partial charge is 0.317 e. The van der Waals surface area contributed by atoms with Gasteiger partial charge in [0.15, 0.2) is 11.4 Å². The molecule has 0 saturated heterocycles. The summed E-state index contributed by atoms with van der Waals surface area (Å²) in [5.41, 5.74) is 0.422. The van der Waals surface area contributed by atoms with Gasteiger partial charge in [-0.1, -0.05) is 40.9 Å². The first kappa shape index (κ1) is 22.5. The molecule has 0 saturated carbocycles. The second-order valence-corrected chi connectivity index (χ2v) is 7.75. The van der Waals surface area contributed by atoms with Gasteiger partial charge in [0, 0.05) is 17.1 Å². The predicted octanol–water partition coefficient (Wildman–Crippen LogP) is 5.51. The zero-order chi connectivity index (χ0) is 22.4. The predicted molar refractivity (Wildman–Crippen MR) is 108 cm³/mol. The number of rotatable bonds is 4. The maximum Gasteiger partial charge on any atom is 0.434 e. The molecule has 0 atom stereocenters. The van der Waals surface area contributed by atoms with Gasteiger partial charge in [0.1, 0.15) is 5.02 Å². The molecular formula is C18H15Cl3F3N5O. The van der Waals surface area contributed by atoms with Gasteiger partial charge in [-0.25, -0.2) is 0 Å². The van der Waals surface area contributed by atoms with Crippen molar-refractivity contribution >= 4 is 46.4 Å². The van der Waals surface area contributed by atoms with Gasteiger partial charge < -0.3 is 5.32 Å². The Balaban J connectivity index is 1.89. The van der Waals surface area contributed by atoms with Gasteiger partial charge in [-0.2, -0.15) is 23.4 Å². The molecule has 0 radical (unpaired) electrons. The molecule has 30 heavy (non-hydrogen) atoms. The molecule has 160 valence electrons. The highest BCUT2D eigenvalue weighted by Gasteiger charge is 2.40. The van der Waals surface area contributed by atoms with Crippen molar-refractivity contribution in [2.45, 2.75) is 26.6 Å². The summed E-state index contributed by atoms with van der Waals surface area (Å²) < 4.78 is 41.4. The highest BCUT2D eigenvalue weighted by molar-refractivity contribution is 6.35. The number of nitrogens with zero attached hydrogens (tertiary/aromatic N) is 4. The summed E-state index contributed by atoms with van der Waals surface area (Å²) in [5, 5.41) is 10.7. The van der Waals surface area contributed by atoms with Crippen molar-refractivity contribution < 1.29 is 18.0 Å². The molecule has 0 aliphatic carbocycles. The molecule has 1 amide bonds. The third-order valence-electron chi connectivity index (χ3n) is 4.43. The molecule has 0 aliphatic rings. The van der Waals surface area contributed by atoms with E-state index in [-0.39, 0.29) is 0 Å². The van der Waals surface area contributed by atoms with Crippen molar-refractivity contribution in [1.29, 1.82) is 0 Å². The lowest BCUT2D eigenvalue weighted by molar-refractivity contribution is -0.143. The van der Waals surface area contributed by atoms with Crippen LogP contribution in [0.2, 0.25) is 15.1 Å². The number of anilines is 1. The summed E-state index contributed by atoms with van der Waals surface area (Å²) in [6.07, 6.45) is -4.74. The molecule has 1 aromatic carbocycles. The van der Waals surface area contributed by atoms with Crippen LogP contribution in [0.15, 0.2) is 18.2 Å². The number of aromatic nitrogens is 4. The van der Waals surface area contributed by atoms with E-state index in [1.165, 1.54) is 0 Å². The van der Waals surface area contributed by atoms with Gasteiger partial charge in [-0.15, -0.1) is 0 Å². The quantitative estimate of drug-likeness (QED) is 0.535. The number of aryl methyl sites for hydroxylation is 2. The summed E-state index contributed by atoms with van der Waals surface area (Å²) in [5.74, 6) is -0.874. The molecule has 0 aliphatic heterocycles. The molecular weight excluding hydrogens is 466 g/mol. The summed E-state index contributed by atoms with van der Waals surface area (Å²) in [6.45, 7) is 3.67. The van der Waals surface area contributed by atoms with Crippen LogP contribution >= 0.6 is 34.8 Å². The molecule has 0 fully saturated rings. The number of carbonyl (C=O) groups excluding carboxylic acids is 1. The van der Waals surface area contributed by atoms with E-state index >= 15 is 0 Å². The largest absolute Gasteiger partial charge is 0.434 e. The van der Waals surface area contributed by atoms with Gasteiger partial charge in [-0.3, -0.25) is 14.2 Å².